The van der Waals surface area contributed by atoms with Gasteiger partial charge in [0.25, 0.3) is 6.43 Å². The van der Waals surface area contributed by atoms with E-state index < -0.39 is 6.43 Å². The molecule has 0 radical (unpaired) electrons. The normalized spacial score (nSPS) is 10.8. The van der Waals surface area contributed by atoms with Gasteiger partial charge >= 0.3 is 0 Å². The van der Waals surface area contributed by atoms with Gasteiger partial charge in [0.2, 0.25) is 0 Å². The van der Waals surface area contributed by atoms with Gasteiger partial charge in [0, 0.05) is 5.56 Å². The molecule has 2 rings (SSSR count). The molecule has 0 bridgehead atoms. The van der Waals surface area contributed by atoms with Gasteiger partial charge in [-0.05, 0) is 35.4 Å². The lowest BCUT2D eigenvalue weighted by atomic mass is 9.99. The summed E-state index contributed by atoms with van der Waals surface area (Å²) in [6.07, 6.45) is -2.66. The quantitative estimate of drug-likeness (QED) is 0.834. The third-order valence-corrected chi connectivity index (χ3v) is 2.45. The number of alkyl halides is 2. The molecule has 2 aromatic carbocycles. The van der Waals surface area contributed by atoms with E-state index in [-0.39, 0.29) is 17.1 Å². The SMILES string of the molecule is Oc1ccc(-c2ccc(O)cc2C(F)F)cc1. The van der Waals surface area contributed by atoms with Crippen LogP contribution in [0.3, 0.4) is 0 Å². The highest BCUT2D eigenvalue weighted by Crippen LogP contribution is 2.34. The number of hydrogen-bond donors (Lipinski definition) is 2. The fraction of sp³-hybridized carbons (Fsp3) is 0.0769. The number of aromatic hydroxyl groups is 2. The van der Waals surface area contributed by atoms with Crippen molar-refractivity contribution in [2.45, 2.75) is 6.43 Å². The Kier molecular flexibility index (Phi) is 2.95. The van der Waals surface area contributed by atoms with Gasteiger partial charge in [0.15, 0.2) is 0 Å². The number of halogens is 2. The number of phenolic OH excluding ortho intramolecular Hbond substituents is 2. The molecule has 0 aromatic heterocycles. The molecule has 0 unspecified atom stereocenters. The number of hydrogen-bond acceptors (Lipinski definition) is 2. The summed E-state index contributed by atoms with van der Waals surface area (Å²) in [5.41, 5.74) is 0.687. The molecule has 0 atom stereocenters. The molecule has 0 spiro atoms. The maximum Gasteiger partial charge on any atom is 0.264 e. The van der Waals surface area contributed by atoms with Crippen molar-refractivity contribution in [1.82, 2.24) is 0 Å². The topological polar surface area (TPSA) is 40.5 Å². The summed E-state index contributed by atoms with van der Waals surface area (Å²) >= 11 is 0. The molecule has 0 saturated carbocycles. The Labute approximate surface area is 96.8 Å². The fourth-order valence-electron chi connectivity index (χ4n) is 1.63. The second-order valence-electron chi connectivity index (χ2n) is 3.62. The standard InChI is InChI=1S/C13H10F2O2/c14-13(15)12-7-10(17)5-6-11(12)8-1-3-9(16)4-2-8/h1-7,13,16-17H. The van der Waals surface area contributed by atoms with Crippen molar-refractivity contribution in [1.29, 1.82) is 0 Å². The molecule has 0 aliphatic rings. The van der Waals surface area contributed by atoms with E-state index in [0.29, 0.717) is 11.1 Å². The van der Waals surface area contributed by atoms with Crippen molar-refractivity contribution in [2.24, 2.45) is 0 Å². The zero-order valence-corrected chi connectivity index (χ0v) is 8.77. The van der Waals surface area contributed by atoms with Crippen LogP contribution >= 0.6 is 0 Å². The molecule has 2 nitrogen and oxygen atoms in total. The zero-order valence-electron chi connectivity index (χ0n) is 8.77. The van der Waals surface area contributed by atoms with Gasteiger partial charge in [-0.15, -0.1) is 0 Å². The van der Waals surface area contributed by atoms with E-state index >= 15 is 0 Å². The predicted octanol–water partition coefficient (Wildman–Crippen LogP) is 3.70. The smallest absolute Gasteiger partial charge is 0.264 e. The summed E-state index contributed by atoms with van der Waals surface area (Å²) in [6.45, 7) is 0. The summed E-state index contributed by atoms with van der Waals surface area (Å²) in [7, 11) is 0. The van der Waals surface area contributed by atoms with Crippen LogP contribution in [0.4, 0.5) is 8.78 Å². The van der Waals surface area contributed by atoms with Gasteiger partial charge in [-0.25, -0.2) is 8.78 Å². The van der Waals surface area contributed by atoms with E-state index in [4.69, 9.17) is 5.11 Å². The Morgan fingerprint density at radius 2 is 1.41 bits per heavy atom. The number of rotatable bonds is 2. The summed E-state index contributed by atoms with van der Waals surface area (Å²) in [5.74, 6) is -0.117. The van der Waals surface area contributed by atoms with Gasteiger partial charge in [0.1, 0.15) is 11.5 Å². The van der Waals surface area contributed by atoms with Crippen LogP contribution in [0, 0.1) is 0 Å². The summed E-state index contributed by atoms with van der Waals surface area (Å²) in [6, 6.07) is 9.79. The van der Waals surface area contributed by atoms with E-state index in [1.54, 1.807) is 12.1 Å². The maximum atomic E-state index is 12.8. The Morgan fingerprint density at radius 3 is 2.00 bits per heavy atom. The summed E-state index contributed by atoms with van der Waals surface area (Å²) in [4.78, 5) is 0. The van der Waals surface area contributed by atoms with Crippen LogP contribution in [0.1, 0.15) is 12.0 Å². The summed E-state index contributed by atoms with van der Waals surface area (Å²) in [5, 5.41) is 18.3. The average molecular weight is 236 g/mol. The largest absolute Gasteiger partial charge is 0.508 e. The highest BCUT2D eigenvalue weighted by molar-refractivity contribution is 5.69. The third kappa shape index (κ3) is 2.36. The highest BCUT2D eigenvalue weighted by atomic mass is 19.3. The highest BCUT2D eigenvalue weighted by Gasteiger charge is 2.14. The van der Waals surface area contributed by atoms with Gasteiger partial charge in [-0.1, -0.05) is 18.2 Å². The first kappa shape index (κ1) is 11.4. The van der Waals surface area contributed by atoms with Crippen molar-refractivity contribution in [3.63, 3.8) is 0 Å². The van der Waals surface area contributed by atoms with Crippen LogP contribution in [-0.2, 0) is 0 Å². The molecule has 0 aliphatic carbocycles. The third-order valence-electron chi connectivity index (χ3n) is 2.45. The maximum absolute atomic E-state index is 12.8. The van der Waals surface area contributed by atoms with Gasteiger partial charge in [-0.3, -0.25) is 0 Å². The molecule has 2 N–H and O–H groups in total. The molecular formula is C13H10F2O2. The lowest BCUT2D eigenvalue weighted by molar-refractivity contribution is 0.151. The molecule has 2 aromatic rings. The van der Waals surface area contributed by atoms with Crippen molar-refractivity contribution in [3.8, 4) is 22.6 Å². The molecule has 17 heavy (non-hydrogen) atoms. The van der Waals surface area contributed by atoms with Crippen LogP contribution in [0.25, 0.3) is 11.1 Å². The van der Waals surface area contributed by atoms with E-state index in [0.717, 1.165) is 6.07 Å². The molecule has 0 heterocycles. The Hall–Kier alpha value is -2.10. The monoisotopic (exact) mass is 236 g/mol. The summed E-state index contributed by atoms with van der Waals surface area (Å²) < 4.78 is 25.6. The zero-order chi connectivity index (χ0) is 12.4. The van der Waals surface area contributed by atoms with E-state index in [1.807, 2.05) is 0 Å². The second-order valence-corrected chi connectivity index (χ2v) is 3.62. The lowest BCUT2D eigenvalue weighted by Gasteiger charge is -2.09. The van der Waals surface area contributed by atoms with Crippen molar-refractivity contribution >= 4 is 0 Å². The molecule has 0 fully saturated rings. The minimum absolute atomic E-state index is 0.0751. The molecule has 0 saturated heterocycles. The minimum atomic E-state index is -2.66. The number of phenols is 2. The van der Waals surface area contributed by atoms with Crippen LogP contribution in [0.15, 0.2) is 42.5 Å². The first-order valence-corrected chi connectivity index (χ1v) is 4.98. The van der Waals surface area contributed by atoms with Gasteiger partial charge in [0.05, 0.1) is 0 Å². The van der Waals surface area contributed by atoms with E-state index in [2.05, 4.69) is 0 Å². The van der Waals surface area contributed by atoms with Crippen LogP contribution in [0.2, 0.25) is 0 Å². The average Bonchev–Trinajstić information content (AvgIpc) is 2.30. The van der Waals surface area contributed by atoms with E-state index in [9.17, 15) is 13.9 Å². The van der Waals surface area contributed by atoms with E-state index in [1.165, 1.54) is 24.3 Å². The Bertz CT molecular complexity index is 521. The minimum Gasteiger partial charge on any atom is -0.508 e. The van der Waals surface area contributed by atoms with Crippen molar-refractivity contribution in [3.05, 3.63) is 48.0 Å². The first-order chi connectivity index (χ1) is 8.08. The molecular weight excluding hydrogens is 226 g/mol. The van der Waals surface area contributed by atoms with Gasteiger partial charge < -0.3 is 10.2 Å². The fourth-order valence-corrected chi connectivity index (χ4v) is 1.63. The first-order valence-electron chi connectivity index (χ1n) is 4.98. The molecule has 4 heteroatoms. The van der Waals surface area contributed by atoms with Crippen molar-refractivity contribution < 1.29 is 19.0 Å². The predicted molar refractivity (Wildman–Crippen MR) is 60.2 cm³/mol. The Morgan fingerprint density at radius 1 is 0.824 bits per heavy atom. The number of benzene rings is 2. The lowest BCUT2D eigenvalue weighted by Crippen LogP contribution is -1.89. The van der Waals surface area contributed by atoms with Crippen LogP contribution in [0.5, 0.6) is 11.5 Å². The van der Waals surface area contributed by atoms with Gasteiger partial charge in [-0.2, -0.15) is 0 Å². The Balaban J connectivity index is 2.54. The molecule has 0 amide bonds. The molecule has 0 aliphatic heterocycles. The van der Waals surface area contributed by atoms with Crippen LogP contribution < -0.4 is 0 Å². The van der Waals surface area contributed by atoms with Crippen molar-refractivity contribution in [2.75, 3.05) is 0 Å². The second kappa shape index (κ2) is 4.41. The van der Waals surface area contributed by atoms with Crippen LogP contribution in [-0.4, -0.2) is 10.2 Å². The molecule has 88 valence electrons.